The number of anilines is 1. The van der Waals surface area contributed by atoms with Crippen molar-refractivity contribution in [2.45, 2.75) is 6.42 Å². The number of benzene rings is 2. The van der Waals surface area contributed by atoms with Gasteiger partial charge in [0.25, 0.3) is 5.91 Å². The second kappa shape index (κ2) is 9.89. The number of carbonyl (C=O) groups excluding carboxylic acids is 2. The van der Waals surface area contributed by atoms with Crippen molar-refractivity contribution < 1.29 is 14.3 Å². The zero-order valence-electron chi connectivity index (χ0n) is 15.3. The highest BCUT2D eigenvalue weighted by molar-refractivity contribution is 9.10. The largest absolute Gasteiger partial charge is 0.496 e. The fourth-order valence-corrected chi connectivity index (χ4v) is 3.27. The number of hydrazone groups is 1. The lowest BCUT2D eigenvalue weighted by Crippen LogP contribution is -2.19. The molecule has 2 N–H and O–H groups in total. The predicted molar refractivity (Wildman–Crippen MR) is 114 cm³/mol. The van der Waals surface area contributed by atoms with Crippen LogP contribution < -0.4 is 15.5 Å². The number of rotatable bonds is 7. The summed E-state index contributed by atoms with van der Waals surface area (Å²) in [4.78, 5) is 24.2. The lowest BCUT2D eigenvalue weighted by Gasteiger charge is -2.02. The number of nitrogens with one attached hydrogen (secondary N) is 2. The summed E-state index contributed by atoms with van der Waals surface area (Å²) in [5, 5.41) is 15.2. The molecule has 148 valence electrons. The summed E-state index contributed by atoms with van der Waals surface area (Å²) in [5.41, 5.74) is 3.67. The van der Waals surface area contributed by atoms with Gasteiger partial charge in [0.15, 0.2) is 0 Å². The number of nitrogens with zero attached hydrogens (tertiary/aromatic N) is 3. The van der Waals surface area contributed by atoms with Crippen LogP contribution in [0.4, 0.5) is 5.13 Å². The Kier molecular flexibility index (Phi) is 7.04. The summed E-state index contributed by atoms with van der Waals surface area (Å²) in [7, 11) is 1.56. The van der Waals surface area contributed by atoms with Gasteiger partial charge in [0.2, 0.25) is 11.0 Å². The van der Waals surface area contributed by atoms with Gasteiger partial charge in [0, 0.05) is 15.6 Å². The molecule has 0 aliphatic carbocycles. The molecule has 10 heteroatoms. The van der Waals surface area contributed by atoms with E-state index in [0.717, 1.165) is 21.4 Å². The molecule has 0 spiro atoms. The third-order valence-electron chi connectivity index (χ3n) is 3.64. The standard InChI is InChI=1S/C19H16BrN5O3S/c1-28-15-5-3-2-4-13(15)11-21-23-16(26)10-17-24-25-19(29-17)22-18(27)12-6-8-14(20)9-7-12/h2-9,11H,10H2,1H3,(H,23,26)(H,22,25,27)/b21-11-. The zero-order valence-corrected chi connectivity index (χ0v) is 17.7. The number of aromatic nitrogens is 2. The number of hydrogen-bond donors (Lipinski definition) is 2. The Balaban J connectivity index is 1.53. The molecule has 0 aliphatic rings. The Hall–Kier alpha value is -3.11. The van der Waals surface area contributed by atoms with Gasteiger partial charge in [-0.05, 0) is 36.4 Å². The summed E-state index contributed by atoms with van der Waals surface area (Å²) in [5.74, 6) is 0.00456. The van der Waals surface area contributed by atoms with Gasteiger partial charge in [-0.15, -0.1) is 10.2 Å². The van der Waals surface area contributed by atoms with Gasteiger partial charge in [-0.1, -0.05) is 39.4 Å². The molecule has 0 saturated heterocycles. The second-order valence-corrected chi connectivity index (χ2v) is 7.65. The van der Waals surface area contributed by atoms with E-state index in [-0.39, 0.29) is 18.2 Å². The number of halogens is 1. The first-order valence-corrected chi connectivity index (χ1v) is 10.0. The molecule has 0 unspecified atom stereocenters. The van der Waals surface area contributed by atoms with E-state index >= 15 is 0 Å². The molecule has 2 amide bonds. The van der Waals surface area contributed by atoms with E-state index in [4.69, 9.17) is 4.74 Å². The van der Waals surface area contributed by atoms with Crippen molar-refractivity contribution >= 4 is 50.4 Å². The molecule has 3 rings (SSSR count). The highest BCUT2D eigenvalue weighted by Crippen LogP contribution is 2.18. The topological polar surface area (TPSA) is 106 Å². The lowest BCUT2D eigenvalue weighted by atomic mass is 10.2. The summed E-state index contributed by atoms with van der Waals surface area (Å²) in [6.07, 6.45) is 1.50. The molecule has 3 aromatic rings. The highest BCUT2D eigenvalue weighted by Gasteiger charge is 2.12. The van der Waals surface area contributed by atoms with Crippen LogP contribution in [0.25, 0.3) is 0 Å². The molecule has 29 heavy (non-hydrogen) atoms. The van der Waals surface area contributed by atoms with Crippen LogP contribution in [0.15, 0.2) is 58.1 Å². The number of methoxy groups -OCH3 is 1. The van der Waals surface area contributed by atoms with E-state index in [1.165, 1.54) is 6.21 Å². The Morgan fingerprint density at radius 2 is 1.93 bits per heavy atom. The second-order valence-electron chi connectivity index (χ2n) is 5.67. The minimum Gasteiger partial charge on any atom is -0.496 e. The van der Waals surface area contributed by atoms with E-state index in [9.17, 15) is 9.59 Å². The van der Waals surface area contributed by atoms with Crippen LogP contribution in [0.5, 0.6) is 5.75 Å². The van der Waals surface area contributed by atoms with Gasteiger partial charge in [-0.3, -0.25) is 14.9 Å². The van der Waals surface area contributed by atoms with Crippen LogP contribution >= 0.6 is 27.3 Å². The fraction of sp³-hybridized carbons (Fsp3) is 0.105. The summed E-state index contributed by atoms with van der Waals surface area (Å²) < 4.78 is 6.09. The van der Waals surface area contributed by atoms with Gasteiger partial charge < -0.3 is 4.74 Å². The van der Waals surface area contributed by atoms with Crippen molar-refractivity contribution in [1.82, 2.24) is 15.6 Å². The van der Waals surface area contributed by atoms with Crippen molar-refractivity contribution in [2.75, 3.05) is 12.4 Å². The van der Waals surface area contributed by atoms with E-state index in [1.807, 2.05) is 18.2 Å². The van der Waals surface area contributed by atoms with Crippen molar-refractivity contribution in [2.24, 2.45) is 5.10 Å². The average Bonchev–Trinajstić information content (AvgIpc) is 3.15. The smallest absolute Gasteiger partial charge is 0.257 e. The maximum atomic E-state index is 12.2. The van der Waals surface area contributed by atoms with E-state index in [1.54, 1.807) is 37.4 Å². The van der Waals surface area contributed by atoms with Crippen LogP contribution in [0.2, 0.25) is 0 Å². The first-order valence-electron chi connectivity index (χ1n) is 8.39. The summed E-state index contributed by atoms with van der Waals surface area (Å²) >= 11 is 4.45. The fourth-order valence-electron chi connectivity index (χ4n) is 2.27. The first kappa shape index (κ1) is 20.6. The average molecular weight is 474 g/mol. The van der Waals surface area contributed by atoms with Gasteiger partial charge in [-0.25, -0.2) is 5.43 Å². The Morgan fingerprint density at radius 3 is 2.69 bits per heavy atom. The molecular weight excluding hydrogens is 458 g/mol. The molecule has 0 atom stereocenters. The predicted octanol–water partition coefficient (Wildman–Crippen LogP) is 3.25. The van der Waals surface area contributed by atoms with Gasteiger partial charge >= 0.3 is 0 Å². The molecule has 2 aromatic carbocycles. The molecule has 0 radical (unpaired) electrons. The minimum atomic E-state index is -0.349. The molecule has 1 heterocycles. The molecule has 0 fully saturated rings. The zero-order chi connectivity index (χ0) is 20.6. The molecule has 0 aliphatic heterocycles. The van der Waals surface area contributed by atoms with Crippen LogP contribution in [0.3, 0.4) is 0 Å². The third-order valence-corrected chi connectivity index (χ3v) is 5.00. The Bertz CT molecular complexity index is 1040. The van der Waals surface area contributed by atoms with Gasteiger partial charge in [0.1, 0.15) is 10.8 Å². The maximum absolute atomic E-state index is 12.2. The van der Waals surface area contributed by atoms with Gasteiger partial charge in [0.05, 0.1) is 19.7 Å². The van der Waals surface area contributed by atoms with Crippen LogP contribution in [-0.2, 0) is 11.2 Å². The van der Waals surface area contributed by atoms with Crippen LogP contribution in [0.1, 0.15) is 20.9 Å². The Labute approximate surface area is 179 Å². The quantitative estimate of drug-likeness (QED) is 0.404. The molecule has 0 saturated carbocycles. The number of ether oxygens (including phenoxy) is 1. The SMILES string of the molecule is COc1ccccc1/C=N\NC(=O)Cc1nnc(NC(=O)c2ccc(Br)cc2)s1. The van der Waals surface area contributed by atoms with E-state index in [2.05, 4.69) is 42.0 Å². The summed E-state index contributed by atoms with van der Waals surface area (Å²) in [6.45, 7) is 0. The number of carbonyl (C=O) groups is 2. The van der Waals surface area contributed by atoms with Crippen LogP contribution in [-0.4, -0.2) is 35.3 Å². The van der Waals surface area contributed by atoms with Gasteiger partial charge in [-0.2, -0.15) is 5.10 Å². The first-order chi connectivity index (χ1) is 14.0. The summed E-state index contributed by atoms with van der Waals surface area (Å²) in [6, 6.07) is 14.2. The van der Waals surface area contributed by atoms with Crippen molar-refractivity contribution in [3.05, 3.63) is 69.1 Å². The maximum Gasteiger partial charge on any atom is 0.257 e. The minimum absolute atomic E-state index is 0.00488. The third kappa shape index (κ3) is 5.93. The van der Waals surface area contributed by atoms with E-state index < -0.39 is 0 Å². The van der Waals surface area contributed by atoms with Crippen LogP contribution in [0, 0.1) is 0 Å². The number of amides is 2. The molecular formula is C19H16BrN5O3S. The van der Waals surface area contributed by atoms with Crippen molar-refractivity contribution in [1.29, 1.82) is 0 Å². The van der Waals surface area contributed by atoms with Crippen molar-refractivity contribution in [3.63, 3.8) is 0 Å². The molecule has 1 aromatic heterocycles. The lowest BCUT2D eigenvalue weighted by molar-refractivity contribution is -0.120. The van der Waals surface area contributed by atoms with Crippen molar-refractivity contribution in [3.8, 4) is 5.75 Å². The Morgan fingerprint density at radius 1 is 1.17 bits per heavy atom. The monoisotopic (exact) mass is 473 g/mol. The van der Waals surface area contributed by atoms with E-state index in [0.29, 0.717) is 21.5 Å². The normalized spacial score (nSPS) is 10.7. The molecule has 0 bridgehead atoms. The highest BCUT2D eigenvalue weighted by atomic mass is 79.9. The number of para-hydroxylation sites is 1. The number of hydrogen-bond acceptors (Lipinski definition) is 7. The molecule has 8 nitrogen and oxygen atoms in total.